The molecular weight excluding hydrogens is 390 g/mol. The summed E-state index contributed by atoms with van der Waals surface area (Å²) in [6.45, 7) is 2.04. The number of hydrogen-bond acceptors (Lipinski definition) is 3. The van der Waals surface area contributed by atoms with E-state index in [1.54, 1.807) is 0 Å². The molecule has 3 nitrogen and oxygen atoms in total. The Balaban J connectivity index is 1.42. The Bertz CT molecular complexity index is 1080. The van der Waals surface area contributed by atoms with Crippen molar-refractivity contribution in [3.05, 3.63) is 95.0 Å². The van der Waals surface area contributed by atoms with Gasteiger partial charge in [-0.15, -0.1) is 0 Å². The lowest BCUT2D eigenvalue weighted by molar-refractivity contribution is 0.310. The van der Waals surface area contributed by atoms with Gasteiger partial charge in [0.2, 0.25) is 0 Å². The molecule has 0 N–H and O–H groups in total. The number of piperidine rings is 1. The van der Waals surface area contributed by atoms with Gasteiger partial charge in [-0.05, 0) is 54.2 Å². The summed E-state index contributed by atoms with van der Waals surface area (Å²) in [4.78, 5) is 12.5. The van der Waals surface area contributed by atoms with Crippen LogP contribution in [0.3, 0.4) is 0 Å². The van der Waals surface area contributed by atoms with Crippen molar-refractivity contribution in [2.45, 2.75) is 25.2 Å². The van der Waals surface area contributed by atoms with Crippen molar-refractivity contribution in [1.29, 1.82) is 0 Å². The minimum Gasteiger partial charge on any atom is -0.360 e. The van der Waals surface area contributed by atoms with E-state index in [1.165, 1.54) is 5.56 Å². The molecule has 1 fully saturated rings. The maximum atomic E-state index is 6.11. The lowest BCUT2D eigenvalue weighted by Crippen LogP contribution is -2.38. The minimum atomic E-state index is 0.630. The molecular formula is C26H24ClN3. The van der Waals surface area contributed by atoms with E-state index in [1.807, 2.05) is 42.5 Å². The molecule has 150 valence electrons. The molecule has 2 aliphatic rings. The highest BCUT2D eigenvalue weighted by Crippen LogP contribution is 2.34. The first-order chi connectivity index (χ1) is 14.8. The number of para-hydroxylation sites is 2. The van der Waals surface area contributed by atoms with E-state index in [0.29, 0.717) is 5.92 Å². The van der Waals surface area contributed by atoms with Gasteiger partial charge in [0.05, 0.1) is 17.1 Å². The molecule has 0 aliphatic carbocycles. The summed E-state index contributed by atoms with van der Waals surface area (Å²) in [5.41, 5.74) is 5.47. The van der Waals surface area contributed by atoms with Gasteiger partial charge >= 0.3 is 0 Å². The highest BCUT2D eigenvalue weighted by atomic mass is 35.5. The van der Waals surface area contributed by atoms with E-state index in [4.69, 9.17) is 21.6 Å². The molecule has 2 heterocycles. The molecule has 0 saturated carbocycles. The second kappa shape index (κ2) is 8.45. The summed E-state index contributed by atoms with van der Waals surface area (Å²) in [5.74, 6) is 1.74. The Labute approximate surface area is 182 Å². The number of amidine groups is 1. The van der Waals surface area contributed by atoms with Gasteiger partial charge in [-0.3, -0.25) is 4.99 Å². The Hall–Kier alpha value is -2.91. The number of aliphatic imine (C=N–C) groups is 2. The molecule has 4 heteroatoms. The summed E-state index contributed by atoms with van der Waals surface area (Å²) in [6.07, 6.45) is 3.03. The number of rotatable bonds is 2. The highest BCUT2D eigenvalue weighted by Gasteiger charge is 2.25. The normalized spacial score (nSPS) is 17.0. The molecule has 0 spiro atoms. The molecule has 30 heavy (non-hydrogen) atoms. The highest BCUT2D eigenvalue weighted by molar-refractivity contribution is 6.30. The van der Waals surface area contributed by atoms with Crippen LogP contribution in [0.1, 0.15) is 36.3 Å². The topological polar surface area (TPSA) is 28.0 Å². The van der Waals surface area contributed by atoms with Crippen LogP contribution in [0.25, 0.3) is 0 Å². The predicted molar refractivity (Wildman–Crippen MR) is 126 cm³/mol. The van der Waals surface area contributed by atoms with Crippen LogP contribution in [-0.2, 0) is 0 Å². The minimum absolute atomic E-state index is 0.630. The van der Waals surface area contributed by atoms with E-state index in [2.05, 4.69) is 41.3 Å². The number of hydrogen-bond donors (Lipinski definition) is 0. The average molecular weight is 414 g/mol. The Morgan fingerprint density at radius 2 is 1.37 bits per heavy atom. The first-order valence-electron chi connectivity index (χ1n) is 10.6. The summed E-state index contributed by atoms with van der Waals surface area (Å²) in [6, 6.07) is 27.0. The molecule has 3 aromatic rings. The van der Waals surface area contributed by atoms with E-state index < -0.39 is 0 Å². The summed E-state index contributed by atoms with van der Waals surface area (Å²) in [7, 11) is 0. The zero-order valence-electron chi connectivity index (χ0n) is 16.8. The van der Waals surface area contributed by atoms with E-state index in [0.717, 1.165) is 65.9 Å². The van der Waals surface area contributed by atoms with E-state index in [-0.39, 0.29) is 0 Å². The largest absolute Gasteiger partial charge is 0.360 e. The van der Waals surface area contributed by atoms with Crippen molar-refractivity contribution in [1.82, 2.24) is 4.90 Å². The van der Waals surface area contributed by atoms with Crippen molar-refractivity contribution in [3.8, 4) is 0 Å². The van der Waals surface area contributed by atoms with Crippen LogP contribution in [0.5, 0.6) is 0 Å². The molecule has 0 radical (unpaired) electrons. The van der Waals surface area contributed by atoms with Crippen molar-refractivity contribution < 1.29 is 0 Å². The van der Waals surface area contributed by atoms with Crippen LogP contribution in [0.2, 0.25) is 5.02 Å². The maximum absolute atomic E-state index is 6.11. The zero-order valence-corrected chi connectivity index (χ0v) is 17.6. The SMILES string of the molecule is Clc1ccc(C2=Nc3ccccc3N=C(N3CCC(c4ccccc4)CC3)C2)cc1. The van der Waals surface area contributed by atoms with Crippen molar-refractivity contribution >= 4 is 34.5 Å². The summed E-state index contributed by atoms with van der Waals surface area (Å²) >= 11 is 6.11. The number of halogens is 1. The zero-order chi connectivity index (χ0) is 20.3. The first-order valence-corrected chi connectivity index (χ1v) is 10.9. The maximum Gasteiger partial charge on any atom is 0.111 e. The number of fused-ring (bicyclic) bond motifs is 1. The summed E-state index contributed by atoms with van der Waals surface area (Å²) < 4.78 is 0. The molecule has 3 aromatic carbocycles. The molecule has 0 unspecified atom stereocenters. The quantitative estimate of drug-likeness (QED) is 0.455. The van der Waals surface area contributed by atoms with Crippen LogP contribution in [-0.4, -0.2) is 29.5 Å². The fourth-order valence-electron chi connectivity index (χ4n) is 4.35. The van der Waals surface area contributed by atoms with Crippen LogP contribution >= 0.6 is 11.6 Å². The Kier molecular flexibility index (Phi) is 5.37. The van der Waals surface area contributed by atoms with Gasteiger partial charge in [0.15, 0.2) is 0 Å². The Morgan fingerprint density at radius 3 is 2.07 bits per heavy atom. The second-order valence-electron chi connectivity index (χ2n) is 7.93. The van der Waals surface area contributed by atoms with Crippen molar-refractivity contribution in [2.24, 2.45) is 9.98 Å². The standard InChI is InChI=1S/C26H24ClN3/c27-22-12-10-21(11-13-22)25-18-26(29-24-9-5-4-8-23(24)28-25)30-16-14-20(15-17-30)19-6-2-1-3-7-19/h1-13,20H,14-18H2. The molecule has 0 atom stereocenters. The van der Waals surface area contributed by atoms with Crippen LogP contribution in [0, 0.1) is 0 Å². The molecule has 0 aromatic heterocycles. The molecule has 5 rings (SSSR count). The van der Waals surface area contributed by atoms with Gasteiger partial charge in [0, 0.05) is 24.5 Å². The lowest BCUT2D eigenvalue weighted by atomic mass is 9.89. The van der Waals surface area contributed by atoms with Gasteiger partial charge in [0.25, 0.3) is 0 Å². The van der Waals surface area contributed by atoms with Crippen LogP contribution < -0.4 is 0 Å². The predicted octanol–water partition coefficient (Wildman–Crippen LogP) is 6.77. The fraction of sp³-hybridized carbons (Fsp3) is 0.231. The molecule has 2 aliphatic heterocycles. The molecule has 1 saturated heterocycles. The van der Waals surface area contributed by atoms with Crippen LogP contribution in [0.4, 0.5) is 11.4 Å². The smallest absolute Gasteiger partial charge is 0.111 e. The van der Waals surface area contributed by atoms with Gasteiger partial charge in [0.1, 0.15) is 5.84 Å². The summed E-state index contributed by atoms with van der Waals surface area (Å²) in [5, 5.41) is 0.741. The first kappa shape index (κ1) is 19.1. The third-order valence-electron chi connectivity index (χ3n) is 6.02. The third kappa shape index (κ3) is 4.03. The lowest BCUT2D eigenvalue weighted by Gasteiger charge is -2.34. The van der Waals surface area contributed by atoms with E-state index >= 15 is 0 Å². The molecule has 0 bridgehead atoms. The fourth-order valence-corrected chi connectivity index (χ4v) is 4.48. The van der Waals surface area contributed by atoms with Gasteiger partial charge in [-0.2, -0.15) is 0 Å². The second-order valence-corrected chi connectivity index (χ2v) is 8.37. The van der Waals surface area contributed by atoms with Crippen LogP contribution in [0.15, 0.2) is 88.8 Å². The van der Waals surface area contributed by atoms with Crippen molar-refractivity contribution in [2.75, 3.05) is 13.1 Å². The third-order valence-corrected chi connectivity index (χ3v) is 6.27. The Morgan fingerprint density at radius 1 is 0.733 bits per heavy atom. The van der Waals surface area contributed by atoms with Gasteiger partial charge in [-0.1, -0.05) is 66.2 Å². The number of nitrogens with zero attached hydrogens (tertiary/aromatic N) is 3. The van der Waals surface area contributed by atoms with E-state index in [9.17, 15) is 0 Å². The number of benzene rings is 3. The van der Waals surface area contributed by atoms with Gasteiger partial charge < -0.3 is 4.90 Å². The van der Waals surface area contributed by atoms with Crippen molar-refractivity contribution in [3.63, 3.8) is 0 Å². The average Bonchev–Trinajstić information content (AvgIpc) is 3.00. The number of likely N-dealkylation sites (tertiary alicyclic amines) is 1. The molecule has 0 amide bonds. The van der Waals surface area contributed by atoms with Gasteiger partial charge in [-0.25, -0.2) is 4.99 Å². The monoisotopic (exact) mass is 413 g/mol.